The Bertz CT molecular complexity index is 501. The summed E-state index contributed by atoms with van der Waals surface area (Å²) in [5, 5.41) is 3.10. The summed E-state index contributed by atoms with van der Waals surface area (Å²) < 4.78 is 5.02. The third-order valence-electron chi connectivity index (χ3n) is 2.21. The molecule has 5 heteroatoms. The molecule has 0 atom stereocenters. The maximum Gasteiger partial charge on any atom is 0.226 e. The lowest BCUT2D eigenvalue weighted by molar-refractivity contribution is 0.397. The molecule has 0 spiro atoms. The number of hydrogen-bond donors (Lipinski definition) is 1. The van der Waals surface area contributed by atoms with Crippen LogP contribution in [0.1, 0.15) is 11.4 Å². The zero-order chi connectivity index (χ0) is 12.1. The summed E-state index contributed by atoms with van der Waals surface area (Å²) in [5.74, 6) is 1.08. The fourth-order valence-electron chi connectivity index (χ4n) is 1.41. The highest BCUT2D eigenvalue weighted by atomic mass is 16.5. The number of ether oxygens (including phenoxy) is 1. The van der Waals surface area contributed by atoms with Gasteiger partial charge in [0, 0.05) is 18.0 Å². The Balaban J connectivity index is 2.02. The molecule has 0 unspecified atom stereocenters. The quantitative estimate of drug-likeness (QED) is 0.867. The standard InChI is InChI=1S/C12H14N4O/c1-9-4-3-5-10(15-9)8-14-12-13-7-6-11(16-12)17-2/h3-7H,8H2,1-2H3,(H,13,14,16). The van der Waals surface area contributed by atoms with E-state index in [9.17, 15) is 0 Å². The molecule has 0 fully saturated rings. The van der Waals surface area contributed by atoms with E-state index in [4.69, 9.17) is 4.74 Å². The molecule has 0 saturated heterocycles. The first kappa shape index (κ1) is 11.3. The maximum atomic E-state index is 5.02. The minimum atomic E-state index is 0.535. The Kier molecular flexibility index (Phi) is 3.49. The van der Waals surface area contributed by atoms with Gasteiger partial charge in [-0.3, -0.25) is 4.98 Å². The third kappa shape index (κ3) is 3.14. The molecule has 0 amide bonds. The van der Waals surface area contributed by atoms with Gasteiger partial charge in [-0.15, -0.1) is 0 Å². The van der Waals surface area contributed by atoms with Crippen molar-refractivity contribution in [3.05, 3.63) is 41.9 Å². The zero-order valence-corrected chi connectivity index (χ0v) is 9.84. The van der Waals surface area contributed by atoms with Gasteiger partial charge in [0.25, 0.3) is 0 Å². The van der Waals surface area contributed by atoms with E-state index in [0.29, 0.717) is 18.4 Å². The van der Waals surface area contributed by atoms with Crippen LogP contribution in [0.4, 0.5) is 5.95 Å². The van der Waals surface area contributed by atoms with Gasteiger partial charge in [0.1, 0.15) is 0 Å². The summed E-state index contributed by atoms with van der Waals surface area (Å²) in [6, 6.07) is 7.60. The van der Waals surface area contributed by atoms with Crippen molar-refractivity contribution >= 4 is 5.95 Å². The van der Waals surface area contributed by atoms with Crippen molar-refractivity contribution in [2.45, 2.75) is 13.5 Å². The zero-order valence-electron chi connectivity index (χ0n) is 9.84. The molecule has 2 heterocycles. The number of rotatable bonds is 4. The first-order valence-corrected chi connectivity index (χ1v) is 5.31. The van der Waals surface area contributed by atoms with Crippen molar-refractivity contribution in [2.24, 2.45) is 0 Å². The Morgan fingerprint density at radius 2 is 2.12 bits per heavy atom. The van der Waals surface area contributed by atoms with Crippen LogP contribution in [0.2, 0.25) is 0 Å². The smallest absolute Gasteiger partial charge is 0.226 e. The van der Waals surface area contributed by atoms with Gasteiger partial charge in [-0.1, -0.05) is 6.07 Å². The van der Waals surface area contributed by atoms with Crippen molar-refractivity contribution < 1.29 is 4.74 Å². The molecule has 0 aliphatic carbocycles. The molecule has 0 aliphatic rings. The van der Waals surface area contributed by atoms with Crippen LogP contribution in [0, 0.1) is 6.92 Å². The normalized spacial score (nSPS) is 10.0. The highest BCUT2D eigenvalue weighted by Crippen LogP contribution is 2.08. The van der Waals surface area contributed by atoms with Gasteiger partial charge >= 0.3 is 0 Å². The van der Waals surface area contributed by atoms with Crippen LogP contribution in [-0.4, -0.2) is 22.1 Å². The molecule has 0 aliphatic heterocycles. The van der Waals surface area contributed by atoms with Crippen LogP contribution < -0.4 is 10.1 Å². The van der Waals surface area contributed by atoms with E-state index in [0.717, 1.165) is 11.4 Å². The van der Waals surface area contributed by atoms with Gasteiger partial charge in [-0.2, -0.15) is 4.98 Å². The minimum absolute atomic E-state index is 0.535. The van der Waals surface area contributed by atoms with Crippen molar-refractivity contribution in [2.75, 3.05) is 12.4 Å². The number of nitrogens with one attached hydrogen (secondary N) is 1. The maximum absolute atomic E-state index is 5.02. The van der Waals surface area contributed by atoms with Crippen molar-refractivity contribution in [1.29, 1.82) is 0 Å². The lowest BCUT2D eigenvalue weighted by atomic mass is 10.3. The second kappa shape index (κ2) is 5.25. The predicted molar refractivity (Wildman–Crippen MR) is 64.9 cm³/mol. The summed E-state index contributed by atoms with van der Waals surface area (Å²) in [7, 11) is 1.58. The van der Waals surface area contributed by atoms with Crippen LogP contribution in [0.5, 0.6) is 5.88 Å². The Morgan fingerprint density at radius 3 is 2.88 bits per heavy atom. The van der Waals surface area contributed by atoms with Gasteiger partial charge in [-0.25, -0.2) is 4.98 Å². The molecule has 0 saturated carbocycles. The van der Waals surface area contributed by atoms with E-state index in [1.165, 1.54) is 0 Å². The fraction of sp³-hybridized carbons (Fsp3) is 0.250. The molecular weight excluding hydrogens is 216 g/mol. The molecule has 17 heavy (non-hydrogen) atoms. The van der Waals surface area contributed by atoms with E-state index in [-0.39, 0.29) is 0 Å². The van der Waals surface area contributed by atoms with Gasteiger partial charge in [0.2, 0.25) is 11.8 Å². The van der Waals surface area contributed by atoms with Gasteiger partial charge < -0.3 is 10.1 Å². The molecule has 0 bridgehead atoms. The molecule has 1 N–H and O–H groups in total. The van der Waals surface area contributed by atoms with Crippen molar-refractivity contribution in [3.63, 3.8) is 0 Å². The third-order valence-corrected chi connectivity index (χ3v) is 2.21. The number of methoxy groups -OCH3 is 1. The number of aromatic nitrogens is 3. The average molecular weight is 230 g/mol. The van der Waals surface area contributed by atoms with Crippen LogP contribution >= 0.6 is 0 Å². The van der Waals surface area contributed by atoms with E-state index in [1.54, 1.807) is 19.4 Å². The highest BCUT2D eigenvalue weighted by molar-refractivity contribution is 5.28. The number of anilines is 1. The fourth-order valence-corrected chi connectivity index (χ4v) is 1.41. The highest BCUT2D eigenvalue weighted by Gasteiger charge is 1.99. The SMILES string of the molecule is COc1ccnc(NCc2cccc(C)n2)n1. The molecule has 0 aromatic carbocycles. The second-order valence-corrected chi connectivity index (χ2v) is 3.55. The predicted octanol–water partition coefficient (Wildman–Crippen LogP) is 1.80. The first-order chi connectivity index (χ1) is 8.28. The lowest BCUT2D eigenvalue weighted by Crippen LogP contribution is -2.05. The van der Waals surface area contributed by atoms with Crippen molar-refractivity contribution in [3.8, 4) is 5.88 Å². The van der Waals surface area contributed by atoms with Crippen LogP contribution in [-0.2, 0) is 6.54 Å². The van der Waals surface area contributed by atoms with Crippen LogP contribution in [0.3, 0.4) is 0 Å². The molecule has 5 nitrogen and oxygen atoms in total. The van der Waals surface area contributed by atoms with E-state index in [1.807, 2.05) is 25.1 Å². The Hall–Kier alpha value is -2.17. The van der Waals surface area contributed by atoms with Crippen molar-refractivity contribution in [1.82, 2.24) is 15.0 Å². The topological polar surface area (TPSA) is 59.9 Å². The minimum Gasteiger partial charge on any atom is -0.481 e. The van der Waals surface area contributed by atoms with Gasteiger partial charge in [0.15, 0.2) is 0 Å². The molecule has 2 aromatic rings. The van der Waals surface area contributed by atoms with E-state index < -0.39 is 0 Å². The van der Waals surface area contributed by atoms with Gasteiger partial charge in [0.05, 0.1) is 19.3 Å². The number of aryl methyl sites for hydroxylation is 1. The summed E-state index contributed by atoms with van der Waals surface area (Å²) in [6.45, 7) is 2.56. The summed E-state index contributed by atoms with van der Waals surface area (Å²) in [6.07, 6.45) is 1.65. The molecular formula is C12H14N4O. The summed E-state index contributed by atoms with van der Waals surface area (Å²) >= 11 is 0. The molecule has 88 valence electrons. The largest absolute Gasteiger partial charge is 0.481 e. The van der Waals surface area contributed by atoms with Crippen LogP contribution in [0.15, 0.2) is 30.5 Å². The Morgan fingerprint density at radius 1 is 1.24 bits per heavy atom. The number of nitrogens with zero attached hydrogens (tertiary/aromatic N) is 3. The number of pyridine rings is 1. The summed E-state index contributed by atoms with van der Waals surface area (Å²) in [4.78, 5) is 12.6. The molecule has 2 rings (SSSR count). The van der Waals surface area contributed by atoms with E-state index >= 15 is 0 Å². The Labute approximate surface area is 99.9 Å². The molecule has 2 aromatic heterocycles. The first-order valence-electron chi connectivity index (χ1n) is 5.31. The van der Waals surface area contributed by atoms with Gasteiger partial charge in [-0.05, 0) is 19.1 Å². The second-order valence-electron chi connectivity index (χ2n) is 3.55. The summed E-state index contributed by atoms with van der Waals surface area (Å²) in [5.41, 5.74) is 1.95. The van der Waals surface area contributed by atoms with E-state index in [2.05, 4.69) is 20.3 Å². The number of hydrogen-bond acceptors (Lipinski definition) is 5. The average Bonchev–Trinajstić information content (AvgIpc) is 2.37. The lowest BCUT2D eigenvalue weighted by Gasteiger charge is -2.05. The van der Waals surface area contributed by atoms with Crippen LogP contribution in [0.25, 0.3) is 0 Å². The molecule has 0 radical (unpaired) electrons. The monoisotopic (exact) mass is 230 g/mol.